The zero-order chi connectivity index (χ0) is 15.9. The van der Waals surface area contributed by atoms with E-state index < -0.39 is 5.41 Å². The number of ether oxygens (including phenoxy) is 2. The summed E-state index contributed by atoms with van der Waals surface area (Å²) in [6.45, 7) is 5.78. The van der Waals surface area contributed by atoms with Crippen LogP contribution in [0.25, 0.3) is 0 Å². The highest BCUT2D eigenvalue weighted by molar-refractivity contribution is 9.10. The Labute approximate surface area is 137 Å². The van der Waals surface area contributed by atoms with E-state index in [9.17, 15) is 9.18 Å². The molecule has 0 aliphatic carbocycles. The molecule has 0 amide bonds. The Balaban J connectivity index is 2.08. The summed E-state index contributed by atoms with van der Waals surface area (Å²) in [7, 11) is 0. The molecule has 6 heteroatoms. The van der Waals surface area contributed by atoms with Gasteiger partial charge in [0.05, 0.1) is 35.8 Å². The first-order chi connectivity index (χ1) is 10.5. The van der Waals surface area contributed by atoms with Crippen molar-refractivity contribution in [3.8, 4) is 0 Å². The molecule has 0 radical (unpaired) electrons. The summed E-state index contributed by atoms with van der Waals surface area (Å²) in [5.74, 6) is -0.554. The summed E-state index contributed by atoms with van der Waals surface area (Å²) < 4.78 is 25.2. The minimum Gasteiger partial charge on any atom is -0.466 e. The van der Waals surface area contributed by atoms with Gasteiger partial charge in [-0.05, 0) is 53.9 Å². The Bertz CT molecular complexity index is 609. The molecule has 0 aromatic heterocycles. The van der Waals surface area contributed by atoms with E-state index in [1.54, 1.807) is 13.0 Å². The Morgan fingerprint density at radius 3 is 3.09 bits per heavy atom. The Morgan fingerprint density at radius 1 is 1.59 bits per heavy atom. The SMILES string of the molecule is CCOC(=O)C1(C)Cc2cc(F)c(Br)cc2N2CCOCC21. The maximum Gasteiger partial charge on any atom is 0.314 e. The van der Waals surface area contributed by atoms with E-state index in [4.69, 9.17) is 9.47 Å². The van der Waals surface area contributed by atoms with Crippen molar-refractivity contribution >= 4 is 27.6 Å². The second kappa shape index (κ2) is 5.81. The molecule has 2 aliphatic rings. The summed E-state index contributed by atoms with van der Waals surface area (Å²) in [5.41, 5.74) is 1.08. The first kappa shape index (κ1) is 15.7. The van der Waals surface area contributed by atoms with Crippen molar-refractivity contribution in [2.24, 2.45) is 5.41 Å². The molecule has 0 saturated carbocycles. The van der Waals surface area contributed by atoms with Gasteiger partial charge >= 0.3 is 5.97 Å². The van der Waals surface area contributed by atoms with Crippen LogP contribution in [0.3, 0.4) is 0 Å². The molecule has 2 aliphatic heterocycles. The number of benzene rings is 1. The van der Waals surface area contributed by atoms with E-state index in [1.165, 1.54) is 6.07 Å². The molecule has 1 saturated heterocycles. The molecule has 2 heterocycles. The van der Waals surface area contributed by atoms with Crippen LogP contribution in [0.4, 0.5) is 10.1 Å². The zero-order valence-electron chi connectivity index (χ0n) is 12.7. The molecule has 120 valence electrons. The lowest BCUT2D eigenvalue weighted by Crippen LogP contribution is -2.60. The molecule has 0 N–H and O–H groups in total. The molecule has 1 aromatic carbocycles. The smallest absolute Gasteiger partial charge is 0.314 e. The molecule has 2 unspecified atom stereocenters. The number of halogens is 2. The van der Waals surface area contributed by atoms with Gasteiger partial charge in [-0.2, -0.15) is 0 Å². The minimum atomic E-state index is -0.732. The van der Waals surface area contributed by atoms with Crippen molar-refractivity contribution in [2.45, 2.75) is 26.3 Å². The van der Waals surface area contributed by atoms with E-state index in [1.807, 2.05) is 6.92 Å². The third-order valence-electron chi connectivity index (χ3n) is 4.59. The minimum absolute atomic E-state index is 0.0924. The standard InChI is InChI=1S/C16H19BrFNO3/c1-3-22-15(20)16(2)8-10-6-12(18)11(17)7-13(10)19-4-5-21-9-14(16)19/h6-7,14H,3-5,8-9H2,1-2H3. The third-order valence-corrected chi connectivity index (χ3v) is 5.20. The normalized spacial score (nSPS) is 27.1. The fourth-order valence-corrected chi connectivity index (χ4v) is 3.76. The van der Waals surface area contributed by atoms with Crippen LogP contribution in [0.15, 0.2) is 16.6 Å². The lowest BCUT2D eigenvalue weighted by Gasteiger charge is -2.50. The Morgan fingerprint density at radius 2 is 2.36 bits per heavy atom. The summed E-state index contributed by atoms with van der Waals surface area (Å²) in [4.78, 5) is 14.7. The van der Waals surface area contributed by atoms with Gasteiger partial charge in [0.15, 0.2) is 0 Å². The molecule has 2 atom stereocenters. The number of hydrogen-bond donors (Lipinski definition) is 0. The fourth-order valence-electron chi connectivity index (χ4n) is 3.42. The fraction of sp³-hybridized carbons (Fsp3) is 0.562. The number of fused-ring (bicyclic) bond motifs is 3. The van der Waals surface area contributed by atoms with Gasteiger partial charge in [0.2, 0.25) is 0 Å². The molecule has 3 rings (SSSR count). The number of rotatable bonds is 2. The summed E-state index contributed by atoms with van der Waals surface area (Å²) >= 11 is 3.25. The largest absolute Gasteiger partial charge is 0.466 e. The topological polar surface area (TPSA) is 38.8 Å². The van der Waals surface area contributed by atoms with Crippen LogP contribution in [0, 0.1) is 11.2 Å². The highest BCUT2D eigenvalue weighted by Gasteiger charge is 2.50. The summed E-state index contributed by atoms with van der Waals surface area (Å²) in [6.07, 6.45) is 0.454. The Kier molecular flexibility index (Phi) is 4.16. The van der Waals surface area contributed by atoms with Crippen molar-refractivity contribution in [3.63, 3.8) is 0 Å². The van der Waals surface area contributed by atoms with Gasteiger partial charge in [0, 0.05) is 12.2 Å². The van der Waals surface area contributed by atoms with Crippen LogP contribution in [0.2, 0.25) is 0 Å². The molecule has 0 bridgehead atoms. The van der Waals surface area contributed by atoms with Crippen LogP contribution < -0.4 is 4.90 Å². The number of nitrogens with zero attached hydrogens (tertiary/aromatic N) is 1. The molecule has 22 heavy (non-hydrogen) atoms. The Hall–Kier alpha value is -1.14. The number of hydrogen-bond acceptors (Lipinski definition) is 4. The van der Waals surface area contributed by atoms with Crippen molar-refractivity contribution in [1.82, 2.24) is 0 Å². The van der Waals surface area contributed by atoms with Gasteiger partial charge in [-0.15, -0.1) is 0 Å². The van der Waals surface area contributed by atoms with Gasteiger partial charge in [-0.25, -0.2) is 4.39 Å². The average Bonchev–Trinajstić information content (AvgIpc) is 2.50. The second-order valence-electron chi connectivity index (χ2n) is 5.99. The van der Waals surface area contributed by atoms with Crippen LogP contribution >= 0.6 is 15.9 Å². The van der Waals surface area contributed by atoms with E-state index in [2.05, 4.69) is 20.8 Å². The van der Waals surface area contributed by atoms with Gasteiger partial charge in [0.1, 0.15) is 5.82 Å². The third kappa shape index (κ3) is 2.42. The lowest BCUT2D eigenvalue weighted by atomic mass is 9.72. The van der Waals surface area contributed by atoms with Crippen LogP contribution in [-0.2, 0) is 20.7 Å². The second-order valence-corrected chi connectivity index (χ2v) is 6.85. The number of morpholine rings is 1. The van der Waals surface area contributed by atoms with Gasteiger partial charge in [-0.3, -0.25) is 4.79 Å². The van der Waals surface area contributed by atoms with Crippen LogP contribution in [0.5, 0.6) is 0 Å². The van der Waals surface area contributed by atoms with Crippen LogP contribution in [-0.4, -0.2) is 38.4 Å². The molecule has 0 spiro atoms. The number of anilines is 1. The molecule has 4 nitrogen and oxygen atoms in total. The monoisotopic (exact) mass is 371 g/mol. The number of esters is 1. The number of carbonyl (C=O) groups is 1. The lowest BCUT2D eigenvalue weighted by molar-refractivity contribution is -0.158. The first-order valence-electron chi connectivity index (χ1n) is 7.47. The van der Waals surface area contributed by atoms with Gasteiger partial charge in [0.25, 0.3) is 0 Å². The highest BCUT2D eigenvalue weighted by Crippen LogP contribution is 2.44. The summed E-state index contributed by atoms with van der Waals surface area (Å²) in [6, 6.07) is 3.22. The maximum atomic E-state index is 13.9. The van der Waals surface area contributed by atoms with Gasteiger partial charge < -0.3 is 14.4 Å². The molecule has 1 aromatic rings. The zero-order valence-corrected chi connectivity index (χ0v) is 14.3. The van der Waals surface area contributed by atoms with E-state index in [0.717, 1.165) is 11.3 Å². The van der Waals surface area contributed by atoms with Crippen molar-refractivity contribution in [2.75, 3.05) is 31.3 Å². The van der Waals surface area contributed by atoms with Crippen molar-refractivity contribution < 1.29 is 18.7 Å². The van der Waals surface area contributed by atoms with Gasteiger partial charge in [-0.1, -0.05) is 0 Å². The number of carbonyl (C=O) groups excluding carboxylic acids is 1. The quantitative estimate of drug-likeness (QED) is 0.749. The summed E-state index contributed by atoms with van der Waals surface area (Å²) in [5, 5.41) is 0. The maximum absolute atomic E-state index is 13.9. The van der Waals surface area contributed by atoms with E-state index in [-0.39, 0.29) is 17.8 Å². The predicted octanol–water partition coefficient (Wildman–Crippen LogP) is 2.92. The van der Waals surface area contributed by atoms with E-state index in [0.29, 0.717) is 37.3 Å². The molecule has 1 fully saturated rings. The van der Waals surface area contributed by atoms with Crippen molar-refractivity contribution in [3.05, 3.63) is 28.0 Å². The van der Waals surface area contributed by atoms with Crippen LogP contribution in [0.1, 0.15) is 19.4 Å². The van der Waals surface area contributed by atoms with Crippen molar-refractivity contribution in [1.29, 1.82) is 0 Å². The first-order valence-corrected chi connectivity index (χ1v) is 8.26. The molecular weight excluding hydrogens is 353 g/mol. The molecular formula is C16H19BrFNO3. The predicted molar refractivity (Wildman–Crippen MR) is 84.5 cm³/mol. The highest BCUT2D eigenvalue weighted by atomic mass is 79.9. The average molecular weight is 372 g/mol. The van der Waals surface area contributed by atoms with E-state index >= 15 is 0 Å².